The molecular formula is C34H44O3. The summed E-state index contributed by atoms with van der Waals surface area (Å²) in [7, 11) is 0. The molecule has 4 aromatic rings. The summed E-state index contributed by atoms with van der Waals surface area (Å²) in [5.41, 5.74) is 2.28. The third-order valence-electron chi connectivity index (χ3n) is 7.45. The Morgan fingerprint density at radius 1 is 0.703 bits per heavy atom. The Bertz CT molecular complexity index is 1290. The molecular weight excluding hydrogens is 456 g/mol. The monoisotopic (exact) mass is 500 g/mol. The fourth-order valence-corrected chi connectivity index (χ4v) is 3.70. The summed E-state index contributed by atoms with van der Waals surface area (Å²) < 4.78 is 0. The SMILES string of the molecule is CCC(C)(C)C(=O)O.CCC(C)c1ccc2cc(O)ccc2c1.CCC(C)c1ccc2ccccc2c1. The van der Waals surface area contributed by atoms with Crippen molar-refractivity contribution in [2.45, 2.75) is 79.6 Å². The van der Waals surface area contributed by atoms with Crippen LogP contribution in [0, 0.1) is 5.41 Å². The maximum Gasteiger partial charge on any atom is 0.309 e. The predicted octanol–water partition coefficient (Wildman–Crippen LogP) is 9.92. The maximum atomic E-state index is 10.3. The van der Waals surface area contributed by atoms with Crippen molar-refractivity contribution in [2.24, 2.45) is 5.41 Å². The second-order valence-electron chi connectivity index (χ2n) is 10.6. The molecule has 0 aliphatic heterocycles. The lowest BCUT2D eigenvalue weighted by Crippen LogP contribution is -2.21. The zero-order chi connectivity index (χ0) is 27.6. The zero-order valence-electron chi connectivity index (χ0n) is 23.6. The van der Waals surface area contributed by atoms with E-state index in [1.165, 1.54) is 33.7 Å². The second-order valence-corrected chi connectivity index (χ2v) is 10.6. The minimum absolute atomic E-state index is 0.332. The van der Waals surface area contributed by atoms with Crippen LogP contribution in [-0.2, 0) is 4.79 Å². The van der Waals surface area contributed by atoms with Crippen LogP contribution in [0.25, 0.3) is 21.5 Å². The molecule has 2 unspecified atom stereocenters. The van der Waals surface area contributed by atoms with Gasteiger partial charge in [0.1, 0.15) is 5.75 Å². The Balaban J connectivity index is 0.000000205. The molecule has 2 atom stereocenters. The molecule has 2 N–H and O–H groups in total. The molecule has 0 fully saturated rings. The Morgan fingerprint density at radius 2 is 1.14 bits per heavy atom. The van der Waals surface area contributed by atoms with Crippen LogP contribution in [0.4, 0.5) is 0 Å². The number of rotatable bonds is 6. The van der Waals surface area contributed by atoms with Crippen LogP contribution in [-0.4, -0.2) is 16.2 Å². The number of carboxylic acid groups (broad SMARTS) is 1. The quantitative estimate of drug-likeness (QED) is 0.277. The number of fused-ring (bicyclic) bond motifs is 2. The van der Waals surface area contributed by atoms with E-state index in [1.807, 2.05) is 13.0 Å². The predicted molar refractivity (Wildman–Crippen MR) is 159 cm³/mol. The normalized spacial score (nSPS) is 12.6. The number of phenols is 1. The van der Waals surface area contributed by atoms with Gasteiger partial charge in [0.2, 0.25) is 0 Å². The van der Waals surface area contributed by atoms with Gasteiger partial charge in [-0.3, -0.25) is 4.79 Å². The van der Waals surface area contributed by atoms with E-state index in [0.29, 0.717) is 24.0 Å². The summed E-state index contributed by atoms with van der Waals surface area (Å²) in [4.78, 5) is 10.3. The number of benzene rings is 4. The Labute approximate surface area is 223 Å². The summed E-state index contributed by atoms with van der Waals surface area (Å²) in [6.07, 6.45) is 3.05. The smallest absolute Gasteiger partial charge is 0.309 e. The molecule has 0 saturated carbocycles. The van der Waals surface area contributed by atoms with Crippen molar-refractivity contribution in [1.82, 2.24) is 0 Å². The summed E-state index contributed by atoms with van der Waals surface area (Å²) in [5, 5.41) is 22.8. The van der Waals surface area contributed by atoms with Crippen LogP contribution >= 0.6 is 0 Å². The van der Waals surface area contributed by atoms with Gasteiger partial charge in [-0.2, -0.15) is 0 Å². The fourth-order valence-electron chi connectivity index (χ4n) is 3.70. The van der Waals surface area contributed by atoms with E-state index in [0.717, 1.165) is 11.8 Å². The number of phenolic OH excluding ortho intramolecular Hbond substituents is 1. The topological polar surface area (TPSA) is 57.5 Å². The van der Waals surface area contributed by atoms with Gasteiger partial charge in [0.25, 0.3) is 0 Å². The largest absolute Gasteiger partial charge is 0.508 e. The van der Waals surface area contributed by atoms with Crippen LogP contribution in [0.2, 0.25) is 0 Å². The van der Waals surface area contributed by atoms with Crippen molar-refractivity contribution in [1.29, 1.82) is 0 Å². The molecule has 0 radical (unpaired) electrons. The highest BCUT2D eigenvalue weighted by Crippen LogP contribution is 2.26. The molecule has 3 heteroatoms. The van der Waals surface area contributed by atoms with Crippen LogP contribution in [0.5, 0.6) is 5.75 Å². The van der Waals surface area contributed by atoms with Gasteiger partial charge in [0.15, 0.2) is 0 Å². The summed E-state index contributed by atoms with van der Waals surface area (Å²) in [5.74, 6) is 0.876. The number of carboxylic acids is 1. The number of hydrogen-bond donors (Lipinski definition) is 2. The number of carbonyl (C=O) groups is 1. The van der Waals surface area contributed by atoms with Crippen LogP contribution < -0.4 is 0 Å². The van der Waals surface area contributed by atoms with E-state index in [-0.39, 0.29) is 0 Å². The van der Waals surface area contributed by atoms with Gasteiger partial charge in [0, 0.05) is 0 Å². The second kappa shape index (κ2) is 13.8. The fraction of sp³-hybridized carbons (Fsp3) is 0.382. The van der Waals surface area contributed by atoms with Crippen LogP contribution in [0.3, 0.4) is 0 Å². The molecule has 0 bridgehead atoms. The highest BCUT2D eigenvalue weighted by molar-refractivity contribution is 5.84. The van der Waals surface area contributed by atoms with Crippen LogP contribution in [0.1, 0.15) is 90.7 Å². The molecule has 0 aromatic heterocycles. The molecule has 4 aromatic carbocycles. The van der Waals surface area contributed by atoms with E-state index in [9.17, 15) is 9.90 Å². The van der Waals surface area contributed by atoms with E-state index >= 15 is 0 Å². The zero-order valence-corrected chi connectivity index (χ0v) is 23.6. The highest BCUT2D eigenvalue weighted by Gasteiger charge is 2.23. The number of aliphatic carboxylic acids is 1. The van der Waals surface area contributed by atoms with Gasteiger partial charge in [-0.1, -0.05) is 101 Å². The van der Waals surface area contributed by atoms with E-state index in [1.54, 1.807) is 26.0 Å². The lowest BCUT2D eigenvalue weighted by Gasteiger charge is -2.14. The first-order valence-corrected chi connectivity index (χ1v) is 13.5. The molecule has 0 aliphatic rings. The lowest BCUT2D eigenvalue weighted by atomic mass is 9.91. The van der Waals surface area contributed by atoms with Crippen molar-refractivity contribution < 1.29 is 15.0 Å². The summed E-state index contributed by atoms with van der Waals surface area (Å²) in [6, 6.07) is 27.3. The van der Waals surface area contributed by atoms with Gasteiger partial charge in [-0.15, -0.1) is 0 Å². The van der Waals surface area contributed by atoms with E-state index in [2.05, 4.69) is 88.4 Å². The molecule has 0 saturated heterocycles. The van der Waals surface area contributed by atoms with Crippen molar-refractivity contribution in [2.75, 3.05) is 0 Å². The molecule has 0 heterocycles. The van der Waals surface area contributed by atoms with E-state index in [4.69, 9.17) is 5.11 Å². The number of aromatic hydroxyl groups is 1. The van der Waals surface area contributed by atoms with Gasteiger partial charge in [0.05, 0.1) is 5.41 Å². The van der Waals surface area contributed by atoms with Gasteiger partial charge >= 0.3 is 5.97 Å². The standard InChI is InChI=1S/C14H16O.C14H16.C6H12O2/c1-3-10(2)11-4-5-13-9-14(15)7-6-12(13)8-11;1-3-11(2)13-9-8-12-6-4-5-7-14(12)10-13;1-4-6(2,3)5(7)8/h4-10,15H,3H2,1-2H3;4-11H,3H2,1-2H3;4H2,1-3H3,(H,7,8). The Morgan fingerprint density at radius 3 is 1.59 bits per heavy atom. The number of hydrogen-bond acceptors (Lipinski definition) is 2. The van der Waals surface area contributed by atoms with Crippen molar-refractivity contribution in [3.05, 3.63) is 90.0 Å². The molecule has 0 amide bonds. The van der Waals surface area contributed by atoms with Crippen LogP contribution in [0.15, 0.2) is 78.9 Å². The van der Waals surface area contributed by atoms with Crippen molar-refractivity contribution >= 4 is 27.5 Å². The highest BCUT2D eigenvalue weighted by atomic mass is 16.4. The van der Waals surface area contributed by atoms with Crippen molar-refractivity contribution in [3.8, 4) is 5.75 Å². The molecule has 198 valence electrons. The molecule has 0 aliphatic carbocycles. The lowest BCUT2D eigenvalue weighted by molar-refractivity contribution is -0.147. The third-order valence-corrected chi connectivity index (χ3v) is 7.45. The molecule has 37 heavy (non-hydrogen) atoms. The molecule has 0 spiro atoms. The molecule has 3 nitrogen and oxygen atoms in total. The van der Waals surface area contributed by atoms with Gasteiger partial charge in [-0.25, -0.2) is 0 Å². The average Bonchev–Trinajstić information content (AvgIpc) is 2.92. The Kier molecular flexibility index (Phi) is 11.2. The first-order chi connectivity index (χ1) is 17.5. The summed E-state index contributed by atoms with van der Waals surface area (Å²) >= 11 is 0. The van der Waals surface area contributed by atoms with E-state index < -0.39 is 11.4 Å². The minimum Gasteiger partial charge on any atom is -0.508 e. The first-order valence-electron chi connectivity index (χ1n) is 13.5. The summed E-state index contributed by atoms with van der Waals surface area (Å²) in [6.45, 7) is 14.3. The third kappa shape index (κ3) is 8.63. The first kappa shape index (κ1) is 29.9. The minimum atomic E-state index is -0.722. The molecule has 4 rings (SSSR count). The van der Waals surface area contributed by atoms with Gasteiger partial charge in [-0.05, 0) is 89.8 Å². The van der Waals surface area contributed by atoms with Gasteiger partial charge < -0.3 is 10.2 Å². The Hall–Kier alpha value is -3.33. The average molecular weight is 501 g/mol. The maximum absolute atomic E-state index is 10.3. The van der Waals surface area contributed by atoms with Crippen molar-refractivity contribution in [3.63, 3.8) is 0 Å².